The number of aryl methyl sites for hydroxylation is 2. The largest absolute Gasteiger partial charge is 0.480 e. The van der Waals surface area contributed by atoms with E-state index < -0.39 is 5.97 Å². The average Bonchev–Trinajstić information content (AvgIpc) is 3.16. The molecule has 1 N–H and O–H groups in total. The third-order valence-corrected chi connectivity index (χ3v) is 4.58. The Morgan fingerprint density at radius 3 is 3.00 bits per heavy atom. The summed E-state index contributed by atoms with van der Waals surface area (Å²) in [5.41, 5.74) is 2.24. The maximum Gasteiger partial charge on any atom is 0.325 e. The fourth-order valence-corrected chi connectivity index (χ4v) is 3.50. The molecule has 1 aliphatic heterocycles. The lowest BCUT2D eigenvalue weighted by molar-refractivity contribution is -0.137. The van der Waals surface area contributed by atoms with Gasteiger partial charge in [-0.3, -0.25) is 14.2 Å². The number of piperidine rings is 1. The molecule has 2 aromatic heterocycles. The van der Waals surface area contributed by atoms with Crippen molar-refractivity contribution in [2.24, 2.45) is 0 Å². The quantitative estimate of drug-likeness (QED) is 0.836. The van der Waals surface area contributed by atoms with Crippen molar-refractivity contribution < 1.29 is 9.90 Å². The zero-order valence-electron chi connectivity index (χ0n) is 14.1. The molecule has 7 nitrogen and oxygen atoms in total. The number of likely N-dealkylation sites (tertiary alicyclic amines) is 1. The molecule has 1 saturated heterocycles. The van der Waals surface area contributed by atoms with E-state index in [4.69, 9.17) is 5.11 Å². The van der Waals surface area contributed by atoms with Crippen LogP contribution in [0.5, 0.6) is 0 Å². The van der Waals surface area contributed by atoms with Gasteiger partial charge in [-0.2, -0.15) is 10.2 Å². The maximum atomic E-state index is 11.0. The first-order chi connectivity index (χ1) is 11.6. The van der Waals surface area contributed by atoms with E-state index in [2.05, 4.69) is 28.2 Å². The highest BCUT2D eigenvalue weighted by Gasteiger charge is 2.24. The minimum absolute atomic E-state index is 0.0581. The molecule has 2 aromatic rings. The second-order valence-electron chi connectivity index (χ2n) is 6.58. The number of nitrogens with zero attached hydrogens (tertiary/aromatic N) is 5. The normalized spacial score (nSPS) is 18.8. The molecule has 7 heteroatoms. The van der Waals surface area contributed by atoms with E-state index in [1.165, 1.54) is 5.56 Å². The molecule has 1 unspecified atom stereocenters. The number of hydrogen-bond donors (Lipinski definition) is 1. The van der Waals surface area contributed by atoms with Crippen LogP contribution in [-0.2, 0) is 17.9 Å². The SMILES string of the molecule is Cc1cnn(CCCN2CCCC(c3ccnn3CC(=O)O)C2)c1. The van der Waals surface area contributed by atoms with Gasteiger partial charge in [0.1, 0.15) is 6.54 Å². The third-order valence-electron chi connectivity index (χ3n) is 4.58. The van der Waals surface area contributed by atoms with Crippen LogP contribution in [0.2, 0.25) is 0 Å². The van der Waals surface area contributed by atoms with Crippen LogP contribution < -0.4 is 0 Å². The smallest absolute Gasteiger partial charge is 0.325 e. The van der Waals surface area contributed by atoms with Crippen LogP contribution in [0, 0.1) is 6.92 Å². The van der Waals surface area contributed by atoms with Crippen molar-refractivity contribution in [3.8, 4) is 0 Å². The average molecular weight is 331 g/mol. The van der Waals surface area contributed by atoms with E-state index in [-0.39, 0.29) is 6.54 Å². The summed E-state index contributed by atoms with van der Waals surface area (Å²) in [6, 6.07) is 1.96. The number of carboxylic acids is 1. The lowest BCUT2D eigenvalue weighted by atomic mass is 9.94. The molecular formula is C17H25N5O2. The molecule has 3 rings (SSSR count). The first-order valence-corrected chi connectivity index (χ1v) is 8.57. The predicted molar refractivity (Wildman–Crippen MR) is 89.9 cm³/mol. The summed E-state index contributed by atoms with van der Waals surface area (Å²) in [7, 11) is 0. The van der Waals surface area contributed by atoms with E-state index in [0.717, 1.165) is 51.1 Å². The molecule has 0 aromatic carbocycles. The molecule has 0 radical (unpaired) electrons. The Labute approximate surface area is 141 Å². The van der Waals surface area contributed by atoms with Crippen LogP contribution >= 0.6 is 0 Å². The van der Waals surface area contributed by atoms with E-state index in [0.29, 0.717) is 5.92 Å². The van der Waals surface area contributed by atoms with Gasteiger partial charge in [0.15, 0.2) is 0 Å². The van der Waals surface area contributed by atoms with Crippen LogP contribution in [0.1, 0.15) is 36.4 Å². The molecule has 0 spiro atoms. The number of carboxylic acid groups (broad SMARTS) is 1. The van der Waals surface area contributed by atoms with Crippen LogP contribution in [0.4, 0.5) is 0 Å². The van der Waals surface area contributed by atoms with E-state index in [9.17, 15) is 4.79 Å². The van der Waals surface area contributed by atoms with Crippen molar-refractivity contribution in [3.63, 3.8) is 0 Å². The van der Waals surface area contributed by atoms with Gasteiger partial charge >= 0.3 is 5.97 Å². The Morgan fingerprint density at radius 2 is 2.25 bits per heavy atom. The Morgan fingerprint density at radius 1 is 1.38 bits per heavy atom. The number of carbonyl (C=O) groups is 1. The van der Waals surface area contributed by atoms with Crippen molar-refractivity contribution in [2.75, 3.05) is 19.6 Å². The van der Waals surface area contributed by atoms with Gasteiger partial charge in [0.05, 0.1) is 6.20 Å². The molecule has 0 amide bonds. The summed E-state index contributed by atoms with van der Waals surface area (Å²) in [6.45, 7) is 6.07. The first-order valence-electron chi connectivity index (χ1n) is 8.57. The van der Waals surface area contributed by atoms with Crippen LogP contribution in [0.25, 0.3) is 0 Å². The van der Waals surface area contributed by atoms with Crippen LogP contribution in [-0.4, -0.2) is 55.2 Å². The summed E-state index contributed by atoms with van der Waals surface area (Å²) in [5, 5.41) is 17.5. The molecule has 24 heavy (non-hydrogen) atoms. The van der Waals surface area contributed by atoms with Crippen LogP contribution in [0.15, 0.2) is 24.7 Å². The summed E-state index contributed by atoms with van der Waals surface area (Å²) in [5.74, 6) is -0.477. The summed E-state index contributed by atoms with van der Waals surface area (Å²) in [4.78, 5) is 13.4. The lowest BCUT2D eigenvalue weighted by Gasteiger charge is -2.32. The van der Waals surface area contributed by atoms with Gasteiger partial charge in [0.25, 0.3) is 0 Å². The molecule has 1 atom stereocenters. The topological polar surface area (TPSA) is 76.2 Å². The monoisotopic (exact) mass is 331 g/mol. The summed E-state index contributed by atoms with van der Waals surface area (Å²) < 4.78 is 3.63. The molecule has 1 aliphatic rings. The number of aliphatic carboxylic acids is 1. The van der Waals surface area contributed by atoms with Crippen LogP contribution in [0.3, 0.4) is 0 Å². The molecule has 0 bridgehead atoms. The van der Waals surface area contributed by atoms with Gasteiger partial charge in [-0.25, -0.2) is 0 Å². The zero-order chi connectivity index (χ0) is 16.9. The third kappa shape index (κ3) is 4.23. The molecule has 130 valence electrons. The standard InChI is InChI=1S/C17H25N5O2/c1-14-10-19-21(11-14)9-3-8-20-7-2-4-15(12-20)16-5-6-18-22(16)13-17(23)24/h5-6,10-11,15H,2-4,7-9,12-13H2,1H3,(H,23,24). The van der Waals surface area contributed by atoms with E-state index in [1.54, 1.807) is 10.9 Å². The summed E-state index contributed by atoms with van der Waals surface area (Å²) in [6.07, 6.45) is 8.98. The lowest BCUT2D eigenvalue weighted by Crippen LogP contribution is -2.36. The van der Waals surface area contributed by atoms with Gasteiger partial charge in [-0.15, -0.1) is 0 Å². The highest BCUT2D eigenvalue weighted by Crippen LogP contribution is 2.26. The molecule has 1 fully saturated rings. The van der Waals surface area contributed by atoms with Crippen molar-refractivity contribution in [2.45, 2.75) is 45.2 Å². The predicted octanol–water partition coefficient (Wildman–Crippen LogP) is 1.74. The highest BCUT2D eigenvalue weighted by atomic mass is 16.4. The number of hydrogen-bond acceptors (Lipinski definition) is 4. The van der Waals surface area contributed by atoms with Crippen molar-refractivity contribution in [1.82, 2.24) is 24.5 Å². The second-order valence-corrected chi connectivity index (χ2v) is 6.58. The summed E-state index contributed by atoms with van der Waals surface area (Å²) >= 11 is 0. The van der Waals surface area contributed by atoms with E-state index >= 15 is 0 Å². The Hall–Kier alpha value is -2.15. The zero-order valence-corrected chi connectivity index (χ0v) is 14.1. The molecule has 0 aliphatic carbocycles. The fraction of sp³-hybridized carbons (Fsp3) is 0.588. The molecule has 0 saturated carbocycles. The second kappa shape index (κ2) is 7.61. The Kier molecular flexibility index (Phi) is 5.30. The number of aromatic nitrogens is 4. The molecular weight excluding hydrogens is 306 g/mol. The first kappa shape index (κ1) is 16.7. The Bertz CT molecular complexity index is 678. The van der Waals surface area contributed by atoms with Gasteiger partial charge < -0.3 is 10.0 Å². The van der Waals surface area contributed by atoms with Crippen molar-refractivity contribution >= 4 is 5.97 Å². The highest BCUT2D eigenvalue weighted by molar-refractivity contribution is 5.66. The maximum absolute atomic E-state index is 11.0. The van der Waals surface area contributed by atoms with Gasteiger partial charge in [-0.05, 0) is 50.9 Å². The van der Waals surface area contributed by atoms with E-state index in [1.807, 2.05) is 16.9 Å². The van der Waals surface area contributed by atoms with Crippen molar-refractivity contribution in [3.05, 3.63) is 35.9 Å². The Balaban J connectivity index is 1.52. The fourth-order valence-electron chi connectivity index (χ4n) is 3.50. The van der Waals surface area contributed by atoms with Crippen molar-refractivity contribution in [1.29, 1.82) is 0 Å². The minimum Gasteiger partial charge on any atom is -0.480 e. The number of rotatable bonds is 7. The van der Waals surface area contributed by atoms with Gasteiger partial charge in [0, 0.05) is 37.1 Å². The van der Waals surface area contributed by atoms with Gasteiger partial charge in [-0.1, -0.05) is 0 Å². The minimum atomic E-state index is -0.845. The molecule has 3 heterocycles. The van der Waals surface area contributed by atoms with Gasteiger partial charge in [0.2, 0.25) is 0 Å².